The molecule has 120 valence electrons. The summed E-state index contributed by atoms with van der Waals surface area (Å²) in [5.41, 5.74) is 0. The Hall–Kier alpha value is -1.27. The van der Waals surface area contributed by atoms with Crippen LogP contribution >= 0.6 is 0 Å². The highest BCUT2D eigenvalue weighted by atomic mass is 32.2. The van der Waals surface area contributed by atoms with Gasteiger partial charge >= 0.3 is 0 Å². The molecule has 1 N–H and O–H groups in total. The monoisotopic (exact) mass is 323 g/mol. The minimum absolute atomic E-state index is 0.250. The first-order chi connectivity index (χ1) is 10.6. The third-order valence-electron chi connectivity index (χ3n) is 5.24. The highest BCUT2D eigenvalue weighted by Crippen LogP contribution is 2.48. The predicted octanol–water partition coefficient (Wildman–Crippen LogP) is 2.17. The number of fused-ring (bicyclic) bond motifs is 3. The molecule has 0 radical (unpaired) electrons. The van der Waals surface area contributed by atoms with Crippen molar-refractivity contribution in [1.82, 2.24) is 4.72 Å². The third kappa shape index (κ3) is 2.58. The second-order valence-electron chi connectivity index (χ2n) is 6.59. The van der Waals surface area contributed by atoms with Gasteiger partial charge in [-0.1, -0.05) is 6.42 Å². The fraction of sp³-hybridized carbons (Fsp3) is 0.625. The number of sulfonamides is 1. The lowest BCUT2D eigenvalue weighted by molar-refractivity contribution is 0.171. The van der Waals surface area contributed by atoms with Gasteiger partial charge in [-0.25, -0.2) is 13.1 Å². The molecule has 3 atom stereocenters. The molecule has 0 spiro atoms. The SMILES string of the molecule is O=S(=O)(NC[C@@H]1C[C@H]2CC[C@H]1C2)c1ccc2c(c1)OCCO2. The van der Waals surface area contributed by atoms with Gasteiger partial charge in [0.25, 0.3) is 0 Å². The molecule has 2 aliphatic carbocycles. The molecule has 0 saturated heterocycles. The predicted molar refractivity (Wildman–Crippen MR) is 81.6 cm³/mol. The van der Waals surface area contributed by atoms with Crippen LogP contribution in [-0.2, 0) is 10.0 Å². The average molecular weight is 323 g/mol. The molecule has 1 aliphatic heterocycles. The van der Waals surface area contributed by atoms with Crippen LogP contribution in [0.5, 0.6) is 11.5 Å². The summed E-state index contributed by atoms with van der Waals surface area (Å²) in [7, 11) is -3.48. The largest absolute Gasteiger partial charge is 0.486 e. The number of hydrogen-bond acceptors (Lipinski definition) is 4. The Morgan fingerprint density at radius 3 is 2.64 bits per heavy atom. The first-order valence-corrected chi connectivity index (χ1v) is 9.49. The first-order valence-electron chi connectivity index (χ1n) is 8.01. The van der Waals surface area contributed by atoms with E-state index in [-0.39, 0.29) is 4.90 Å². The summed E-state index contributed by atoms with van der Waals surface area (Å²) in [4.78, 5) is 0.250. The van der Waals surface area contributed by atoms with Crippen molar-refractivity contribution >= 4 is 10.0 Å². The molecule has 0 unspecified atom stereocenters. The molecule has 22 heavy (non-hydrogen) atoms. The molecule has 3 aliphatic rings. The van der Waals surface area contributed by atoms with E-state index in [1.807, 2.05) is 0 Å². The van der Waals surface area contributed by atoms with Gasteiger partial charge in [-0.2, -0.15) is 0 Å². The van der Waals surface area contributed by atoms with E-state index in [0.717, 1.165) is 5.92 Å². The van der Waals surface area contributed by atoms with E-state index in [1.54, 1.807) is 18.2 Å². The first kappa shape index (κ1) is 14.3. The fourth-order valence-electron chi connectivity index (χ4n) is 4.12. The topological polar surface area (TPSA) is 64.6 Å². The van der Waals surface area contributed by atoms with E-state index in [0.29, 0.717) is 43.1 Å². The minimum Gasteiger partial charge on any atom is -0.486 e. The number of hydrogen-bond donors (Lipinski definition) is 1. The molecule has 0 aromatic heterocycles. The van der Waals surface area contributed by atoms with Gasteiger partial charge in [-0.15, -0.1) is 0 Å². The van der Waals surface area contributed by atoms with Gasteiger partial charge in [0.05, 0.1) is 4.90 Å². The number of ether oxygens (including phenoxy) is 2. The van der Waals surface area contributed by atoms with Crippen LogP contribution in [0.4, 0.5) is 0 Å². The zero-order chi connectivity index (χ0) is 15.2. The molecule has 1 aromatic rings. The highest BCUT2D eigenvalue weighted by molar-refractivity contribution is 7.89. The molecule has 1 heterocycles. The van der Waals surface area contributed by atoms with Crippen LogP contribution in [0.25, 0.3) is 0 Å². The Bertz CT molecular complexity index is 673. The standard InChI is InChI=1S/C16H21NO4S/c18-22(19,17-10-13-8-11-1-2-12(13)7-11)14-3-4-15-16(9-14)21-6-5-20-15/h3-4,9,11-13,17H,1-2,5-8,10H2/t11-,12-,13-/m0/s1. The second kappa shape index (κ2) is 5.42. The van der Waals surface area contributed by atoms with Gasteiger partial charge < -0.3 is 9.47 Å². The summed E-state index contributed by atoms with van der Waals surface area (Å²) >= 11 is 0. The fourth-order valence-corrected chi connectivity index (χ4v) is 5.23. The molecule has 2 saturated carbocycles. The van der Waals surface area contributed by atoms with Crippen LogP contribution in [-0.4, -0.2) is 28.2 Å². The molecule has 2 bridgehead atoms. The Morgan fingerprint density at radius 2 is 1.91 bits per heavy atom. The smallest absolute Gasteiger partial charge is 0.240 e. The molecule has 5 nitrogen and oxygen atoms in total. The summed E-state index contributed by atoms with van der Waals surface area (Å²) < 4.78 is 38.6. The lowest BCUT2D eigenvalue weighted by Gasteiger charge is -2.22. The van der Waals surface area contributed by atoms with Gasteiger partial charge in [0.1, 0.15) is 13.2 Å². The maximum absolute atomic E-state index is 12.5. The van der Waals surface area contributed by atoms with Crippen molar-refractivity contribution in [2.24, 2.45) is 17.8 Å². The number of benzene rings is 1. The van der Waals surface area contributed by atoms with Crippen molar-refractivity contribution in [3.05, 3.63) is 18.2 Å². The summed E-state index contributed by atoms with van der Waals surface area (Å²) in [5.74, 6) is 3.17. The van der Waals surface area contributed by atoms with Crippen molar-refractivity contribution in [1.29, 1.82) is 0 Å². The zero-order valence-electron chi connectivity index (χ0n) is 12.5. The van der Waals surface area contributed by atoms with Crippen molar-refractivity contribution in [3.8, 4) is 11.5 Å². The van der Waals surface area contributed by atoms with E-state index in [9.17, 15) is 8.42 Å². The third-order valence-corrected chi connectivity index (χ3v) is 6.67. The number of rotatable bonds is 4. The van der Waals surface area contributed by atoms with Crippen LogP contribution < -0.4 is 14.2 Å². The van der Waals surface area contributed by atoms with Crippen molar-refractivity contribution in [2.75, 3.05) is 19.8 Å². The maximum Gasteiger partial charge on any atom is 0.240 e. The van der Waals surface area contributed by atoms with Crippen molar-refractivity contribution in [3.63, 3.8) is 0 Å². The molecule has 0 amide bonds. The molecule has 2 fully saturated rings. The normalized spacial score (nSPS) is 29.7. The zero-order valence-corrected chi connectivity index (χ0v) is 13.3. The summed E-state index contributed by atoms with van der Waals surface area (Å²) in [6.45, 7) is 1.51. The van der Waals surface area contributed by atoms with Gasteiger partial charge in [0, 0.05) is 12.6 Å². The van der Waals surface area contributed by atoms with Crippen molar-refractivity contribution in [2.45, 2.75) is 30.6 Å². The summed E-state index contributed by atoms with van der Waals surface area (Å²) in [6, 6.07) is 4.80. The lowest BCUT2D eigenvalue weighted by Crippen LogP contribution is -2.31. The maximum atomic E-state index is 12.5. The molecular formula is C16H21NO4S. The molecular weight excluding hydrogens is 302 g/mol. The van der Waals surface area contributed by atoms with Gasteiger partial charge in [0.2, 0.25) is 10.0 Å². The lowest BCUT2D eigenvalue weighted by atomic mass is 9.89. The molecule has 6 heteroatoms. The Balaban J connectivity index is 1.46. The summed E-state index contributed by atoms with van der Waals surface area (Å²) in [5, 5.41) is 0. The summed E-state index contributed by atoms with van der Waals surface area (Å²) in [6.07, 6.45) is 5.06. The quantitative estimate of drug-likeness (QED) is 0.922. The van der Waals surface area contributed by atoms with E-state index < -0.39 is 10.0 Å². The Morgan fingerprint density at radius 1 is 1.09 bits per heavy atom. The van der Waals surface area contributed by atoms with Gasteiger partial charge in [-0.05, 0) is 49.1 Å². The van der Waals surface area contributed by atoms with E-state index in [4.69, 9.17) is 9.47 Å². The van der Waals surface area contributed by atoms with Crippen LogP contribution in [0.2, 0.25) is 0 Å². The molecule has 1 aromatic carbocycles. The van der Waals surface area contributed by atoms with Crippen molar-refractivity contribution < 1.29 is 17.9 Å². The Labute approximate surface area is 131 Å². The second-order valence-corrected chi connectivity index (χ2v) is 8.36. The van der Waals surface area contributed by atoms with Crippen LogP contribution in [0.15, 0.2) is 23.1 Å². The van der Waals surface area contributed by atoms with E-state index in [2.05, 4.69) is 4.72 Å². The van der Waals surface area contributed by atoms with Gasteiger partial charge in [-0.3, -0.25) is 0 Å². The average Bonchev–Trinajstić information content (AvgIpc) is 3.15. The van der Waals surface area contributed by atoms with E-state index >= 15 is 0 Å². The number of nitrogens with one attached hydrogen (secondary N) is 1. The highest BCUT2D eigenvalue weighted by Gasteiger charge is 2.39. The van der Waals surface area contributed by atoms with Crippen LogP contribution in [0.3, 0.4) is 0 Å². The minimum atomic E-state index is -3.48. The van der Waals surface area contributed by atoms with Crippen LogP contribution in [0, 0.1) is 17.8 Å². The van der Waals surface area contributed by atoms with Gasteiger partial charge in [0.15, 0.2) is 11.5 Å². The van der Waals surface area contributed by atoms with E-state index in [1.165, 1.54) is 25.7 Å². The van der Waals surface area contributed by atoms with Crippen LogP contribution in [0.1, 0.15) is 25.7 Å². The Kier molecular flexibility index (Phi) is 3.53. The molecule has 4 rings (SSSR count).